The van der Waals surface area contributed by atoms with Crippen LogP contribution < -0.4 is 10.2 Å². The summed E-state index contributed by atoms with van der Waals surface area (Å²) in [5, 5.41) is 3.53. The van der Waals surface area contributed by atoms with Gasteiger partial charge < -0.3 is 10.2 Å². The predicted octanol–water partition coefficient (Wildman–Crippen LogP) is 2.96. The molecule has 0 atom stereocenters. The van der Waals surface area contributed by atoms with Crippen LogP contribution in [0.3, 0.4) is 0 Å². The maximum atomic E-state index is 4.78. The second kappa shape index (κ2) is 5.91. The Kier molecular flexibility index (Phi) is 4.02. The van der Waals surface area contributed by atoms with Crippen molar-refractivity contribution in [1.82, 2.24) is 10.3 Å². The molecule has 104 valence electrons. The first-order valence-corrected chi connectivity index (χ1v) is 7.72. The highest BCUT2D eigenvalue weighted by molar-refractivity contribution is 5.38. The fraction of sp³-hybridized carbons (Fsp3) is 0.688. The summed E-state index contributed by atoms with van der Waals surface area (Å²) in [5.41, 5.74) is 1.17. The van der Waals surface area contributed by atoms with E-state index in [0.717, 1.165) is 30.9 Å². The lowest BCUT2D eigenvalue weighted by molar-refractivity contribution is 0.544. The van der Waals surface area contributed by atoms with Gasteiger partial charge in [0.25, 0.3) is 0 Å². The topological polar surface area (TPSA) is 28.2 Å². The third-order valence-electron chi connectivity index (χ3n) is 4.34. The number of pyridine rings is 1. The van der Waals surface area contributed by atoms with E-state index in [1.807, 2.05) is 0 Å². The van der Waals surface area contributed by atoms with E-state index >= 15 is 0 Å². The van der Waals surface area contributed by atoms with Crippen LogP contribution in [0, 0.1) is 5.92 Å². The molecule has 1 aromatic heterocycles. The van der Waals surface area contributed by atoms with Crippen LogP contribution in [0.25, 0.3) is 0 Å². The quantitative estimate of drug-likeness (QED) is 0.851. The highest BCUT2D eigenvalue weighted by Crippen LogP contribution is 2.26. The molecule has 0 bridgehead atoms. The van der Waals surface area contributed by atoms with E-state index in [9.17, 15) is 0 Å². The second-order valence-electron chi connectivity index (χ2n) is 6.17. The maximum absolute atomic E-state index is 4.78. The fourth-order valence-corrected chi connectivity index (χ4v) is 2.99. The Balaban J connectivity index is 1.56. The van der Waals surface area contributed by atoms with E-state index in [2.05, 4.69) is 35.5 Å². The van der Waals surface area contributed by atoms with Crippen molar-refractivity contribution in [2.24, 2.45) is 5.92 Å². The fourth-order valence-electron chi connectivity index (χ4n) is 2.99. The number of nitrogens with one attached hydrogen (secondary N) is 1. The van der Waals surface area contributed by atoms with Gasteiger partial charge in [-0.1, -0.05) is 18.9 Å². The molecule has 2 fully saturated rings. The van der Waals surface area contributed by atoms with Crippen molar-refractivity contribution < 1.29 is 0 Å². The van der Waals surface area contributed by atoms with Gasteiger partial charge in [0.1, 0.15) is 5.82 Å². The summed E-state index contributed by atoms with van der Waals surface area (Å²) >= 11 is 0. The lowest BCUT2D eigenvalue weighted by Crippen LogP contribution is -2.25. The number of aromatic nitrogens is 1. The van der Waals surface area contributed by atoms with Crippen LogP contribution in [-0.2, 0) is 6.54 Å². The standard InChI is InChI=1S/C16H25N3/c1-19(12-13-5-2-3-6-13)16-8-4-7-15(18-16)11-17-14-9-10-14/h4,7-8,13-14,17H,2-3,5-6,9-12H2,1H3. The summed E-state index contributed by atoms with van der Waals surface area (Å²) < 4.78 is 0. The summed E-state index contributed by atoms with van der Waals surface area (Å²) in [6.45, 7) is 2.07. The normalized spacial score (nSPS) is 19.8. The molecule has 2 aliphatic carbocycles. The number of hydrogen-bond donors (Lipinski definition) is 1. The average Bonchev–Trinajstić information content (AvgIpc) is 3.13. The molecule has 3 heteroatoms. The van der Waals surface area contributed by atoms with Gasteiger partial charge in [-0.05, 0) is 43.7 Å². The Morgan fingerprint density at radius 2 is 2.00 bits per heavy atom. The van der Waals surface area contributed by atoms with Crippen molar-refractivity contribution in [2.75, 3.05) is 18.5 Å². The zero-order valence-corrected chi connectivity index (χ0v) is 11.9. The molecule has 2 aliphatic rings. The summed E-state index contributed by atoms with van der Waals surface area (Å²) in [6, 6.07) is 7.15. The van der Waals surface area contributed by atoms with E-state index in [1.54, 1.807) is 0 Å². The lowest BCUT2D eigenvalue weighted by Gasteiger charge is -2.22. The number of hydrogen-bond acceptors (Lipinski definition) is 3. The van der Waals surface area contributed by atoms with Crippen LogP contribution in [0.4, 0.5) is 5.82 Å². The molecule has 0 spiro atoms. The molecule has 0 aliphatic heterocycles. The number of rotatable bonds is 6. The largest absolute Gasteiger partial charge is 0.359 e. The Hall–Kier alpha value is -1.09. The van der Waals surface area contributed by atoms with E-state index in [4.69, 9.17) is 4.98 Å². The van der Waals surface area contributed by atoms with Crippen molar-refractivity contribution in [3.8, 4) is 0 Å². The van der Waals surface area contributed by atoms with Gasteiger partial charge in [-0.25, -0.2) is 4.98 Å². The first-order valence-electron chi connectivity index (χ1n) is 7.72. The lowest BCUT2D eigenvalue weighted by atomic mass is 10.1. The van der Waals surface area contributed by atoms with E-state index in [1.165, 1.54) is 44.2 Å². The van der Waals surface area contributed by atoms with Crippen molar-refractivity contribution in [3.05, 3.63) is 23.9 Å². The third kappa shape index (κ3) is 3.69. The molecule has 3 nitrogen and oxygen atoms in total. The molecular weight excluding hydrogens is 234 g/mol. The molecule has 19 heavy (non-hydrogen) atoms. The zero-order chi connectivity index (χ0) is 13.1. The van der Waals surface area contributed by atoms with Gasteiger partial charge in [0.05, 0.1) is 5.69 Å². The molecule has 3 rings (SSSR count). The van der Waals surface area contributed by atoms with Crippen LogP contribution in [0.15, 0.2) is 18.2 Å². The van der Waals surface area contributed by atoms with Gasteiger partial charge in [0, 0.05) is 26.2 Å². The van der Waals surface area contributed by atoms with Crippen molar-refractivity contribution in [2.45, 2.75) is 51.1 Å². The van der Waals surface area contributed by atoms with Crippen molar-refractivity contribution in [3.63, 3.8) is 0 Å². The highest BCUT2D eigenvalue weighted by atomic mass is 15.2. The first kappa shape index (κ1) is 12.9. The van der Waals surface area contributed by atoms with Gasteiger partial charge in [0.2, 0.25) is 0 Å². The first-order chi connectivity index (χ1) is 9.31. The minimum atomic E-state index is 0.752. The molecule has 1 aromatic rings. The molecule has 1 heterocycles. The van der Waals surface area contributed by atoms with Gasteiger partial charge in [-0.2, -0.15) is 0 Å². The summed E-state index contributed by atoms with van der Waals surface area (Å²) in [6.07, 6.45) is 8.29. The van der Waals surface area contributed by atoms with Gasteiger partial charge in [-0.3, -0.25) is 0 Å². The van der Waals surface area contributed by atoms with Gasteiger partial charge >= 0.3 is 0 Å². The minimum absolute atomic E-state index is 0.752. The summed E-state index contributed by atoms with van der Waals surface area (Å²) in [4.78, 5) is 7.11. The van der Waals surface area contributed by atoms with Gasteiger partial charge in [0.15, 0.2) is 0 Å². The summed E-state index contributed by atoms with van der Waals surface area (Å²) in [7, 11) is 2.18. The molecule has 0 unspecified atom stereocenters. The second-order valence-corrected chi connectivity index (χ2v) is 6.17. The molecule has 0 saturated heterocycles. The smallest absolute Gasteiger partial charge is 0.128 e. The molecule has 2 saturated carbocycles. The SMILES string of the molecule is CN(CC1CCCC1)c1cccc(CNC2CC2)n1. The zero-order valence-electron chi connectivity index (χ0n) is 11.9. The van der Waals surface area contributed by atoms with Crippen molar-refractivity contribution in [1.29, 1.82) is 0 Å². The van der Waals surface area contributed by atoms with E-state index in [-0.39, 0.29) is 0 Å². The molecule has 0 radical (unpaired) electrons. The third-order valence-corrected chi connectivity index (χ3v) is 4.34. The monoisotopic (exact) mass is 259 g/mol. The molecule has 1 N–H and O–H groups in total. The Bertz CT molecular complexity index is 408. The minimum Gasteiger partial charge on any atom is -0.359 e. The van der Waals surface area contributed by atoms with Crippen molar-refractivity contribution >= 4 is 5.82 Å². The Morgan fingerprint density at radius 3 is 2.74 bits per heavy atom. The van der Waals surface area contributed by atoms with Crippen LogP contribution in [0.5, 0.6) is 0 Å². The predicted molar refractivity (Wildman–Crippen MR) is 79.3 cm³/mol. The number of nitrogens with zero attached hydrogens (tertiary/aromatic N) is 2. The van der Waals surface area contributed by atoms with Crippen LogP contribution in [0.2, 0.25) is 0 Å². The highest BCUT2D eigenvalue weighted by Gasteiger charge is 2.20. The molecule has 0 amide bonds. The van der Waals surface area contributed by atoms with Crippen LogP contribution >= 0.6 is 0 Å². The van der Waals surface area contributed by atoms with Gasteiger partial charge in [-0.15, -0.1) is 0 Å². The van der Waals surface area contributed by atoms with E-state index < -0.39 is 0 Å². The van der Waals surface area contributed by atoms with E-state index in [0.29, 0.717) is 0 Å². The van der Waals surface area contributed by atoms with Crippen LogP contribution in [0.1, 0.15) is 44.2 Å². The van der Waals surface area contributed by atoms with Crippen LogP contribution in [-0.4, -0.2) is 24.6 Å². The molecule has 0 aromatic carbocycles. The molecular formula is C16H25N3. The summed E-state index contributed by atoms with van der Waals surface area (Å²) in [5.74, 6) is 2.00. The maximum Gasteiger partial charge on any atom is 0.128 e. The number of anilines is 1. The Morgan fingerprint density at radius 1 is 1.21 bits per heavy atom. The Labute approximate surface area is 116 Å². The average molecular weight is 259 g/mol.